The fourth-order valence-electron chi connectivity index (χ4n) is 2.73. The Morgan fingerprint density at radius 1 is 1.58 bits per heavy atom. The van der Waals surface area contributed by atoms with E-state index in [-0.39, 0.29) is 6.04 Å². The van der Waals surface area contributed by atoms with Crippen molar-refractivity contribution in [3.8, 4) is 0 Å². The molecule has 0 saturated heterocycles. The highest BCUT2D eigenvalue weighted by Crippen LogP contribution is 2.38. The van der Waals surface area contributed by atoms with E-state index in [4.69, 9.17) is 4.42 Å². The lowest BCUT2D eigenvalue weighted by Crippen LogP contribution is -2.40. The predicted octanol–water partition coefficient (Wildman–Crippen LogP) is 3.09. The molecule has 2 atom stereocenters. The number of furan rings is 1. The predicted molar refractivity (Wildman–Crippen MR) is 72.2 cm³/mol. The number of nitrogens with zero attached hydrogens (tertiary/aromatic N) is 1. The summed E-state index contributed by atoms with van der Waals surface area (Å²) in [6.45, 7) is 2.79. The van der Waals surface area contributed by atoms with Gasteiger partial charge in [0.05, 0.1) is 12.5 Å². The summed E-state index contributed by atoms with van der Waals surface area (Å²) in [7, 11) is 0. The molecule has 2 aromatic heterocycles. The van der Waals surface area contributed by atoms with Gasteiger partial charge in [-0.15, -0.1) is 11.3 Å². The highest BCUT2D eigenvalue weighted by molar-refractivity contribution is 7.10. The maximum atomic E-state index is 11.6. The summed E-state index contributed by atoms with van der Waals surface area (Å²) >= 11 is 1.65. The van der Waals surface area contributed by atoms with Gasteiger partial charge in [0, 0.05) is 23.0 Å². The van der Waals surface area contributed by atoms with E-state index in [2.05, 4.69) is 0 Å². The second kappa shape index (κ2) is 4.83. The second-order valence-corrected chi connectivity index (χ2v) is 5.76. The van der Waals surface area contributed by atoms with Crippen LogP contribution in [0.2, 0.25) is 0 Å². The van der Waals surface area contributed by atoms with Crippen molar-refractivity contribution in [3.05, 3.63) is 46.0 Å². The number of aliphatic carboxylic acids is 1. The summed E-state index contributed by atoms with van der Waals surface area (Å²) in [5.41, 5.74) is 1.96. The molecule has 0 radical (unpaired) electrons. The lowest BCUT2D eigenvalue weighted by molar-refractivity contribution is -0.145. The van der Waals surface area contributed by atoms with E-state index in [1.807, 2.05) is 29.3 Å². The van der Waals surface area contributed by atoms with E-state index in [1.165, 1.54) is 4.88 Å². The maximum absolute atomic E-state index is 11.6. The van der Waals surface area contributed by atoms with E-state index in [1.54, 1.807) is 23.9 Å². The molecular weight excluding hydrogens is 262 g/mol. The van der Waals surface area contributed by atoms with Crippen LogP contribution in [0.1, 0.15) is 35.0 Å². The van der Waals surface area contributed by atoms with Crippen molar-refractivity contribution in [3.63, 3.8) is 0 Å². The number of carbonyl (C=O) groups is 1. The lowest BCUT2D eigenvalue weighted by Gasteiger charge is -2.37. The summed E-state index contributed by atoms with van der Waals surface area (Å²) in [4.78, 5) is 14.9. The van der Waals surface area contributed by atoms with Gasteiger partial charge >= 0.3 is 5.97 Å². The Hall–Kier alpha value is -1.59. The third-order valence-electron chi connectivity index (χ3n) is 3.76. The Balaban J connectivity index is 1.96. The van der Waals surface area contributed by atoms with Crippen molar-refractivity contribution in [2.45, 2.75) is 25.4 Å². The van der Waals surface area contributed by atoms with Crippen molar-refractivity contribution in [2.75, 3.05) is 6.54 Å². The largest absolute Gasteiger partial charge is 0.480 e. The Kier molecular flexibility index (Phi) is 3.16. The van der Waals surface area contributed by atoms with Crippen LogP contribution < -0.4 is 0 Å². The molecule has 0 spiro atoms. The minimum absolute atomic E-state index is 0.0351. The number of hydrogen-bond acceptors (Lipinski definition) is 4. The van der Waals surface area contributed by atoms with E-state index < -0.39 is 12.0 Å². The fraction of sp³-hybridized carbons (Fsp3) is 0.357. The molecule has 2 aromatic rings. The molecule has 3 heterocycles. The van der Waals surface area contributed by atoms with Crippen molar-refractivity contribution < 1.29 is 14.3 Å². The van der Waals surface area contributed by atoms with Gasteiger partial charge in [0.1, 0.15) is 6.04 Å². The Morgan fingerprint density at radius 3 is 3.11 bits per heavy atom. The first-order valence-corrected chi connectivity index (χ1v) is 7.13. The smallest absolute Gasteiger partial charge is 0.325 e. The van der Waals surface area contributed by atoms with Crippen LogP contribution in [0.25, 0.3) is 0 Å². The van der Waals surface area contributed by atoms with Crippen LogP contribution in [0.3, 0.4) is 0 Å². The number of carboxylic acids is 1. The first-order valence-electron chi connectivity index (χ1n) is 6.25. The van der Waals surface area contributed by atoms with Crippen LogP contribution >= 0.6 is 11.3 Å². The first kappa shape index (κ1) is 12.4. The van der Waals surface area contributed by atoms with E-state index >= 15 is 0 Å². The van der Waals surface area contributed by atoms with Gasteiger partial charge in [-0.25, -0.2) is 0 Å². The van der Waals surface area contributed by atoms with Gasteiger partial charge < -0.3 is 9.52 Å². The Morgan fingerprint density at radius 2 is 2.42 bits per heavy atom. The highest BCUT2D eigenvalue weighted by atomic mass is 32.1. The Labute approximate surface area is 115 Å². The Bertz CT molecular complexity index is 575. The van der Waals surface area contributed by atoms with Gasteiger partial charge in [0.15, 0.2) is 0 Å². The molecular formula is C14H15NO3S. The zero-order valence-corrected chi connectivity index (χ0v) is 11.4. The number of rotatable bonds is 3. The number of hydrogen-bond donors (Lipinski definition) is 1. The summed E-state index contributed by atoms with van der Waals surface area (Å²) in [5.74, 6) is -0.783. The number of fused-ring (bicyclic) bond motifs is 1. The zero-order chi connectivity index (χ0) is 13.4. The molecule has 0 amide bonds. The summed E-state index contributed by atoms with van der Waals surface area (Å²) in [6.07, 6.45) is 4.23. The molecule has 4 nitrogen and oxygen atoms in total. The van der Waals surface area contributed by atoms with Crippen molar-refractivity contribution >= 4 is 17.3 Å². The van der Waals surface area contributed by atoms with Gasteiger partial charge in [-0.2, -0.15) is 0 Å². The standard InChI is InChI=1S/C14H15NO3S/c1-9(10-3-6-18-8-10)15-5-2-12-11(4-7-19-12)13(15)14(16)17/h3-4,6-9,13H,2,5H2,1H3,(H,16,17). The zero-order valence-electron chi connectivity index (χ0n) is 10.6. The molecule has 5 heteroatoms. The van der Waals surface area contributed by atoms with Gasteiger partial charge in [0.25, 0.3) is 0 Å². The molecule has 19 heavy (non-hydrogen) atoms. The van der Waals surface area contributed by atoms with Crippen molar-refractivity contribution in [1.29, 1.82) is 0 Å². The fourth-order valence-corrected chi connectivity index (χ4v) is 3.64. The molecule has 100 valence electrons. The van der Waals surface area contributed by atoms with Crippen LogP contribution in [0.15, 0.2) is 34.5 Å². The minimum atomic E-state index is -0.783. The van der Waals surface area contributed by atoms with Gasteiger partial charge in [-0.3, -0.25) is 9.69 Å². The van der Waals surface area contributed by atoms with E-state index in [9.17, 15) is 9.90 Å². The molecule has 0 fully saturated rings. The van der Waals surface area contributed by atoms with E-state index in [0.29, 0.717) is 0 Å². The molecule has 3 rings (SSSR count). The minimum Gasteiger partial charge on any atom is -0.480 e. The van der Waals surface area contributed by atoms with Crippen molar-refractivity contribution in [1.82, 2.24) is 4.90 Å². The summed E-state index contributed by atoms with van der Waals surface area (Å²) in [6, 6.07) is 3.31. The van der Waals surface area contributed by atoms with Crippen LogP contribution in [0.4, 0.5) is 0 Å². The average molecular weight is 277 g/mol. The van der Waals surface area contributed by atoms with Crippen LogP contribution in [0, 0.1) is 0 Å². The molecule has 0 aliphatic carbocycles. The molecule has 0 saturated carbocycles. The molecule has 0 bridgehead atoms. The third-order valence-corrected chi connectivity index (χ3v) is 4.76. The van der Waals surface area contributed by atoms with Gasteiger partial charge in [-0.1, -0.05) is 0 Å². The normalized spacial score (nSPS) is 21.0. The van der Waals surface area contributed by atoms with Gasteiger partial charge in [0.2, 0.25) is 0 Å². The van der Waals surface area contributed by atoms with Crippen LogP contribution in [-0.2, 0) is 11.2 Å². The topological polar surface area (TPSA) is 53.7 Å². The monoisotopic (exact) mass is 277 g/mol. The SMILES string of the molecule is CC(c1ccoc1)N1CCc2sccc2C1C(=O)O. The quantitative estimate of drug-likeness (QED) is 0.936. The van der Waals surface area contributed by atoms with Gasteiger partial charge in [-0.05, 0) is 36.4 Å². The lowest BCUT2D eigenvalue weighted by atomic mass is 9.96. The summed E-state index contributed by atoms with van der Waals surface area (Å²) in [5, 5.41) is 11.5. The average Bonchev–Trinajstić information content (AvgIpc) is 3.06. The number of thiophene rings is 1. The molecule has 1 aliphatic rings. The first-order chi connectivity index (χ1) is 9.18. The maximum Gasteiger partial charge on any atom is 0.325 e. The van der Waals surface area contributed by atoms with Crippen molar-refractivity contribution in [2.24, 2.45) is 0 Å². The number of carboxylic acid groups (broad SMARTS) is 1. The second-order valence-electron chi connectivity index (χ2n) is 4.76. The summed E-state index contributed by atoms with van der Waals surface area (Å²) < 4.78 is 5.10. The van der Waals surface area contributed by atoms with Crippen LogP contribution in [-0.4, -0.2) is 22.5 Å². The van der Waals surface area contributed by atoms with E-state index in [0.717, 1.165) is 24.1 Å². The molecule has 0 aromatic carbocycles. The molecule has 1 N–H and O–H groups in total. The highest BCUT2D eigenvalue weighted by Gasteiger charge is 2.36. The van der Waals surface area contributed by atoms with Crippen LogP contribution in [0.5, 0.6) is 0 Å². The molecule has 2 unspecified atom stereocenters. The molecule has 1 aliphatic heterocycles. The third kappa shape index (κ3) is 2.09.